The molecule has 0 saturated carbocycles. The normalized spacial score (nSPS) is 11.7. The second-order valence-corrected chi connectivity index (χ2v) is 6.46. The second kappa shape index (κ2) is 8.57. The number of hydrogen-bond donors (Lipinski definition) is 1. The van der Waals surface area contributed by atoms with Gasteiger partial charge in [0.15, 0.2) is 6.10 Å². The Morgan fingerprint density at radius 3 is 2.50 bits per heavy atom. The lowest BCUT2D eigenvalue weighted by Crippen LogP contribution is -2.30. The maximum Gasteiger partial charge on any atom is 0.338 e. The van der Waals surface area contributed by atoms with Crippen molar-refractivity contribution in [2.45, 2.75) is 26.9 Å². The van der Waals surface area contributed by atoms with Crippen LogP contribution in [-0.2, 0) is 9.53 Å². The molecule has 3 aromatic rings. The lowest BCUT2D eigenvalue weighted by Gasteiger charge is -2.17. The monoisotopic (exact) mass is 377 g/mol. The van der Waals surface area contributed by atoms with Crippen molar-refractivity contribution in [3.05, 3.63) is 71.8 Å². The minimum atomic E-state index is -0.702. The molecular formula is C23H23NO4. The largest absolute Gasteiger partial charge is 0.481 e. The van der Waals surface area contributed by atoms with Crippen LogP contribution in [0.3, 0.4) is 0 Å². The van der Waals surface area contributed by atoms with E-state index in [-0.39, 0.29) is 5.91 Å². The van der Waals surface area contributed by atoms with Crippen LogP contribution in [-0.4, -0.2) is 24.6 Å². The highest BCUT2D eigenvalue weighted by Crippen LogP contribution is 2.23. The zero-order valence-electron chi connectivity index (χ0n) is 16.2. The maximum absolute atomic E-state index is 12.6. The number of esters is 1. The zero-order chi connectivity index (χ0) is 20.1. The molecule has 0 aliphatic heterocycles. The van der Waals surface area contributed by atoms with Crippen LogP contribution in [0.2, 0.25) is 0 Å². The summed E-state index contributed by atoms with van der Waals surface area (Å²) in [5.74, 6) is -0.0767. The van der Waals surface area contributed by atoms with Gasteiger partial charge in [0.25, 0.3) is 5.91 Å². The lowest BCUT2D eigenvalue weighted by molar-refractivity contribution is -0.122. The van der Waals surface area contributed by atoms with E-state index in [1.54, 1.807) is 39.0 Å². The molecule has 0 radical (unpaired) electrons. The molecule has 5 heteroatoms. The van der Waals surface area contributed by atoms with Gasteiger partial charge in [-0.05, 0) is 61.4 Å². The molecule has 3 rings (SSSR count). The van der Waals surface area contributed by atoms with Gasteiger partial charge in [-0.15, -0.1) is 0 Å². The molecule has 0 saturated heterocycles. The number of fused-ring (bicyclic) bond motifs is 1. The third kappa shape index (κ3) is 4.31. The van der Waals surface area contributed by atoms with Crippen LogP contribution in [0, 0.1) is 6.92 Å². The predicted octanol–water partition coefficient (Wildman–Crippen LogP) is 4.73. The first-order valence-electron chi connectivity index (χ1n) is 9.22. The van der Waals surface area contributed by atoms with E-state index in [0.29, 0.717) is 29.2 Å². The Labute approximate surface area is 164 Å². The minimum Gasteiger partial charge on any atom is -0.481 e. The van der Waals surface area contributed by atoms with Crippen molar-refractivity contribution in [1.82, 2.24) is 0 Å². The smallest absolute Gasteiger partial charge is 0.338 e. The highest BCUT2D eigenvalue weighted by atomic mass is 16.5. The lowest BCUT2D eigenvalue weighted by atomic mass is 10.1. The van der Waals surface area contributed by atoms with Crippen molar-refractivity contribution >= 4 is 28.3 Å². The molecule has 0 aromatic heterocycles. The number of carbonyl (C=O) groups is 2. The molecule has 0 bridgehead atoms. The third-order valence-corrected chi connectivity index (χ3v) is 4.49. The summed E-state index contributed by atoms with van der Waals surface area (Å²) in [7, 11) is 0. The standard InChI is InChI=1S/C23H23NO4/c1-4-27-23(26)20-10-7-11-21(15(20)2)24-22(25)16(3)28-19-13-12-17-8-5-6-9-18(17)14-19/h5-14,16H,4H2,1-3H3,(H,24,25)/t16-/m1/s1. The summed E-state index contributed by atoms with van der Waals surface area (Å²) in [6.45, 7) is 5.52. The van der Waals surface area contributed by atoms with E-state index in [2.05, 4.69) is 5.32 Å². The molecule has 5 nitrogen and oxygen atoms in total. The van der Waals surface area contributed by atoms with Gasteiger partial charge in [-0.1, -0.05) is 36.4 Å². The molecule has 28 heavy (non-hydrogen) atoms. The van der Waals surface area contributed by atoms with Crippen LogP contribution in [0.15, 0.2) is 60.7 Å². The van der Waals surface area contributed by atoms with Gasteiger partial charge < -0.3 is 14.8 Å². The van der Waals surface area contributed by atoms with Crippen molar-refractivity contribution in [1.29, 1.82) is 0 Å². The molecule has 0 heterocycles. The summed E-state index contributed by atoms with van der Waals surface area (Å²) in [4.78, 5) is 24.6. The fourth-order valence-electron chi connectivity index (χ4n) is 2.93. The van der Waals surface area contributed by atoms with Crippen molar-refractivity contribution in [2.24, 2.45) is 0 Å². The number of nitrogens with one attached hydrogen (secondary N) is 1. The Kier molecular flexibility index (Phi) is 5.94. The summed E-state index contributed by atoms with van der Waals surface area (Å²) in [6.07, 6.45) is -0.702. The first-order chi connectivity index (χ1) is 13.5. The summed E-state index contributed by atoms with van der Waals surface area (Å²) >= 11 is 0. The SMILES string of the molecule is CCOC(=O)c1cccc(NC(=O)[C@@H](C)Oc2ccc3ccccc3c2)c1C. The summed E-state index contributed by atoms with van der Waals surface area (Å²) in [5, 5.41) is 4.99. The first-order valence-corrected chi connectivity index (χ1v) is 9.22. The fraction of sp³-hybridized carbons (Fsp3) is 0.217. The van der Waals surface area contributed by atoms with E-state index in [4.69, 9.17) is 9.47 Å². The van der Waals surface area contributed by atoms with Crippen LogP contribution in [0.5, 0.6) is 5.75 Å². The number of rotatable bonds is 6. The topological polar surface area (TPSA) is 64.6 Å². The molecule has 0 aliphatic rings. The van der Waals surface area contributed by atoms with Crippen molar-refractivity contribution in [3.63, 3.8) is 0 Å². The number of benzene rings is 3. The van der Waals surface area contributed by atoms with Gasteiger partial charge in [-0.25, -0.2) is 4.79 Å². The fourth-order valence-corrected chi connectivity index (χ4v) is 2.93. The summed E-state index contributed by atoms with van der Waals surface area (Å²) in [6, 6.07) is 18.8. The second-order valence-electron chi connectivity index (χ2n) is 6.46. The van der Waals surface area contributed by atoms with Crippen LogP contribution < -0.4 is 10.1 Å². The molecular weight excluding hydrogens is 354 g/mol. The first kappa shape index (κ1) is 19.4. The number of hydrogen-bond acceptors (Lipinski definition) is 4. The van der Waals surface area contributed by atoms with Gasteiger partial charge in [0.05, 0.1) is 12.2 Å². The molecule has 1 N–H and O–H groups in total. The Morgan fingerprint density at radius 1 is 1.00 bits per heavy atom. The average molecular weight is 377 g/mol. The van der Waals surface area contributed by atoms with Gasteiger partial charge in [0.2, 0.25) is 0 Å². The van der Waals surface area contributed by atoms with E-state index in [0.717, 1.165) is 10.8 Å². The Balaban J connectivity index is 1.71. The Morgan fingerprint density at radius 2 is 1.75 bits per heavy atom. The zero-order valence-corrected chi connectivity index (χ0v) is 16.2. The third-order valence-electron chi connectivity index (χ3n) is 4.49. The molecule has 144 valence electrons. The summed E-state index contributed by atoms with van der Waals surface area (Å²) in [5.41, 5.74) is 1.65. The molecule has 0 aliphatic carbocycles. The highest BCUT2D eigenvalue weighted by molar-refractivity contribution is 5.98. The minimum absolute atomic E-state index is 0.294. The maximum atomic E-state index is 12.6. The quantitative estimate of drug-likeness (QED) is 0.631. The number of amides is 1. The van der Waals surface area contributed by atoms with Gasteiger partial charge in [-0.2, -0.15) is 0 Å². The van der Waals surface area contributed by atoms with E-state index in [1.165, 1.54) is 0 Å². The molecule has 1 atom stereocenters. The van der Waals surface area contributed by atoms with Gasteiger partial charge in [-0.3, -0.25) is 4.79 Å². The van der Waals surface area contributed by atoms with Gasteiger partial charge in [0, 0.05) is 5.69 Å². The number of anilines is 1. The van der Waals surface area contributed by atoms with E-state index in [1.807, 2.05) is 42.5 Å². The molecule has 3 aromatic carbocycles. The van der Waals surface area contributed by atoms with Gasteiger partial charge >= 0.3 is 5.97 Å². The molecule has 1 amide bonds. The van der Waals surface area contributed by atoms with Crippen LogP contribution >= 0.6 is 0 Å². The van der Waals surface area contributed by atoms with Gasteiger partial charge in [0.1, 0.15) is 5.75 Å². The molecule has 0 unspecified atom stereocenters. The Bertz CT molecular complexity index is 1010. The van der Waals surface area contributed by atoms with E-state index < -0.39 is 12.1 Å². The molecule has 0 spiro atoms. The van der Waals surface area contributed by atoms with E-state index >= 15 is 0 Å². The van der Waals surface area contributed by atoms with Crippen LogP contribution in [0.25, 0.3) is 10.8 Å². The Hall–Kier alpha value is -3.34. The van der Waals surface area contributed by atoms with Crippen molar-refractivity contribution in [2.75, 3.05) is 11.9 Å². The van der Waals surface area contributed by atoms with Crippen molar-refractivity contribution < 1.29 is 19.1 Å². The van der Waals surface area contributed by atoms with E-state index in [9.17, 15) is 9.59 Å². The highest BCUT2D eigenvalue weighted by Gasteiger charge is 2.18. The van der Waals surface area contributed by atoms with Crippen molar-refractivity contribution in [3.8, 4) is 5.75 Å². The van der Waals surface area contributed by atoms with Crippen LogP contribution in [0.1, 0.15) is 29.8 Å². The summed E-state index contributed by atoms with van der Waals surface area (Å²) < 4.78 is 10.9. The number of carbonyl (C=O) groups excluding carboxylic acids is 2. The molecule has 0 fully saturated rings. The average Bonchev–Trinajstić information content (AvgIpc) is 2.69. The number of ether oxygens (including phenoxy) is 2. The van der Waals surface area contributed by atoms with Crippen LogP contribution in [0.4, 0.5) is 5.69 Å². The predicted molar refractivity (Wildman–Crippen MR) is 110 cm³/mol.